The summed E-state index contributed by atoms with van der Waals surface area (Å²) in [6.45, 7) is 1.95. The predicted molar refractivity (Wildman–Crippen MR) is 84.3 cm³/mol. The minimum Gasteiger partial charge on any atom is -0.479 e. The maximum atomic E-state index is 11.2. The van der Waals surface area contributed by atoms with Crippen molar-refractivity contribution in [1.29, 1.82) is 0 Å². The minimum absolute atomic E-state index is 0.567. The summed E-state index contributed by atoms with van der Waals surface area (Å²) in [5.74, 6) is -1.25. The monoisotopic (exact) mass is 303 g/mol. The number of hydrogen-bond acceptors (Lipinski definition) is 4. The second kappa shape index (κ2) is 6.65. The van der Waals surface area contributed by atoms with Crippen LogP contribution in [0.5, 0.6) is 0 Å². The van der Waals surface area contributed by atoms with Gasteiger partial charge in [-0.05, 0) is 24.6 Å². The number of carbonyl (C=O) groups is 1. The van der Waals surface area contributed by atoms with Crippen molar-refractivity contribution >= 4 is 23.4 Å². The molecule has 0 amide bonds. The highest BCUT2D eigenvalue weighted by Gasteiger charge is 2.28. The fourth-order valence-electron chi connectivity index (χ4n) is 1.93. The topological polar surface area (TPSA) is 83.5 Å². The van der Waals surface area contributed by atoms with E-state index in [0.717, 1.165) is 16.0 Å². The zero-order valence-electron chi connectivity index (χ0n) is 11.6. The van der Waals surface area contributed by atoms with E-state index >= 15 is 0 Å². The molecular weight excluding hydrogens is 286 g/mol. The van der Waals surface area contributed by atoms with E-state index in [1.165, 1.54) is 11.8 Å². The van der Waals surface area contributed by atoms with E-state index < -0.39 is 17.3 Å². The average Bonchev–Trinajstić information content (AvgIpc) is 2.47. The summed E-state index contributed by atoms with van der Waals surface area (Å²) in [5.41, 5.74) is 8.29. The van der Waals surface area contributed by atoms with Crippen LogP contribution in [-0.4, -0.2) is 22.3 Å². The number of carboxylic acids is 1. The number of benzene rings is 2. The van der Waals surface area contributed by atoms with Crippen LogP contribution < -0.4 is 5.73 Å². The molecule has 2 rings (SSSR count). The minimum atomic E-state index is -1.50. The summed E-state index contributed by atoms with van der Waals surface area (Å²) in [5, 5.41) is 18.5. The molecule has 0 aliphatic heterocycles. The van der Waals surface area contributed by atoms with Crippen LogP contribution in [0.4, 0.5) is 5.69 Å². The van der Waals surface area contributed by atoms with Crippen molar-refractivity contribution in [2.75, 3.05) is 5.73 Å². The van der Waals surface area contributed by atoms with Gasteiger partial charge in [0, 0.05) is 10.6 Å². The summed E-state index contributed by atoms with van der Waals surface area (Å²) >= 11 is 1.25. The zero-order chi connectivity index (χ0) is 15.4. The molecule has 2 aromatic rings. The lowest BCUT2D eigenvalue weighted by atomic mass is 10.1. The summed E-state index contributed by atoms with van der Waals surface area (Å²) in [4.78, 5) is 11.9. The van der Waals surface area contributed by atoms with E-state index in [2.05, 4.69) is 0 Å². The fraction of sp³-hybridized carbons (Fsp3) is 0.188. The van der Waals surface area contributed by atoms with Crippen molar-refractivity contribution in [3.63, 3.8) is 0 Å². The van der Waals surface area contributed by atoms with Gasteiger partial charge >= 0.3 is 5.97 Å². The van der Waals surface area contributed by atoms with Gasteiger partial charge < -0.3 is 15.9 Å². The molecule has 0 aliphatic rings. The number of aliphatic hydroxyl groups excluding tert-OH is 1. The highest BCUT2D eigenvalue weighted by atomic mass is 32.2. The lowest BCUT2D eigenvalue weighted by Gasteiger charge is -2.21. The van der Waals surface area contributed by atoms with Crippen molar-refractivity contribution in [1.82, 2.24) is 0 Å². The molecule has 5 heteroatoms. The number of carboxylic acid groups (broad SMARTS) is 1. The first kappa shape index (κ1) is 15.4. The summed E-state index contributed by atoms with van der Waals surface area (Å²) in [6.07, 6.45) is -1.50. The molecule has 0 saturated heterocycles. The van der Waals surface area contributed by atoms with Crippen molar-refractivity contribution < 1.29 is 15.0 Å². The fourth-order valence-corrected chi connectivity index (χ4v) is 3.10. The van der Waals surface area contributed by atoms with Crippen molar-refractivity contribution in [3.05, 3.63) is 59.7 Å². The van der Waals surface area contributed by atoms with Crippen molar-refractivity contribution in [2.45, 2.75) is 23.2 Å². The number of para-hydroxylation sites is 1. The Bertz CT molecular complexity index is 628. The summed E-state index contributed by atoms with van der Waals surface area (Å²) < 4.78 is 0. The number of nitrogen functional groups attached to an aromatic ring is 1. The number of anilines is 1. The largest absolute Gasteiger partial charge is 0.479 e. The van der Waals surface area contributed by atoms with E-state index in [-0.39, 0.29) is 0 Å². The van der Waals surface area contributed by atoms with E-state index in [1.54, 1.807) is 6.07 Å². The number of rotatable bonds is 5. The molecule has 21 heavy (non-hydrogen) atoms. The highest BCUT2D eigenvalue weighted by Crippen LogP contribution is 2.40. The van der Waals surface area contributed by atoms with Crippen LogP contribution in [0, 0.1) is 6.92 Å². The summed E-state index contributed by atoms with van der Waals surface area (Å²) in [7, 11) is 0. The van der Waals surface area contributed by atoms with Gasteiger partial charge in [-0.1, -0.05) is 42.0 Å². The van der Waals surface area contributed by atoms with Gasteiger partial charge in [0.1, 0.15) is 0 Å². The van der Waals surface area contributed by atoms with Gasteiger partial charge in [0.05, 0.1) is 5.25 Å². The van der Waals surface area contributed by atoms with Gasteiger partial charge in [-0.15, -0.1) is 11.8 Å². The third-order valence-corrected chi connectivity index (χ3v) is 4.53. The van der Waals surface area contributed by atoms with Crippen LogP contribution in [0.15, 0.2) is 53.4 Å². The van der Waals surface area contributed by atoms with Crippen LogP contribution in [0.3, 0.4) is 0 Å². The molecule has 0 fully saturated rings. The lowest BCUT2D eigenvalue weighted by Crippen LogP contribution is -2.26. The third kappa shape index (κ3) is 3.77. The number of nitrogens with two attached hydrogens (primary N) is 1. The predicted octanol–water partition coefficient (Wildman–Crippen LogP) is 2.86. The van der Waals surface area contributed by atoms with Crippen LogP contribution >= 0.6 is 11.8 Å². The first-order valence-corrected chi connectivity index (χ1v) is 7.35. The Labute approximate surface area is 127 Å². The SMILES string of the molecule is Cc1ccc([C@H](Sc2ccccc2N)[C@@H](O)C(=O)O)cc1. The molecule has 110 valence electrons. The smallest absolute Gasteiger partial charge is 0.334 e. The first-order valence-electron chi connectivity index (χ1n) is 6.47. The average molecular weight is 303 g/mol. The molecule has 0 saturated carbocycles. The van der Waals surface area contributed by atoms with Crippen molar-refractivity contribution in [3.8, 4) is 0 Å². The Morgan fingerprint density at radius 3 is 2.33 bits per heavy atom. The van der Waals surface area contributed by atoms with Gasteiger partial charge in [0.25, 0.3) is 0 Å². The van der Waals surface area contributed by atoms with Crippen molar-refractivity contribution in [2.24, 2.45) is 0 Å². The van der Waals surface area contributed by atoms with E-state index in [4.69, 9.17) is 10.8 Å². The second-order valence-corrected chi connectivity index (χ2v) is 5.95. The molecule has 0 heterocycles. The molecule has 4 N–H and O–H groups in total. The highest BCUT2D eigenvalue weighted by molar-refractivity contribution is 7.99. The lowest BCUT2D eigenvalue weighted by molar-refractivity contribution is -0.146. The number of aryl methyl sites for hydroxylation is 1. The van der Waals surface area contributed by atoms with Crippen LogP contribution in [0.2, 0.25) is 0 Å². The molecule has 0 spiro atoms. The number of thioether (sulfide) groups is 1. The Morgan fingerprint density at radius 2 is 1.76 bits per heavy atom. The molecule has 4 nitrogen and oxygen atoms in total. The molecular formula is C16H17NO3S. The number of hydrogen-bond donors (Lipinski definition) is 3. The normalized spacial score (nSPS) is 13.6. The van der Waals surface area contributed by atoms with Crippen LogP contribution in [-0.2, 0) is 4.79 Å². The molecule has 0 unspecified atom stereocenters. The van der Waals surface area contributed by atoms with E-state index in [0.29, 0.717) is 5.69 Å². The Morgan fingerprint density at radius 1 is 1.14 bits per heavy atom. The van der Waals surface area contributed by atoms with Gasteiger partial charge in [0.15, 0.2) is 6.10 Å². The summed E-state index contributed by atoms with van der Waals surface area (Å²) in [6, 6.07) is 14.7. The molecule has 2 aromatic carbocycles. The molecule has 0 aromatic heterocycles. The Hall–Kier alpha value is -1.98. The number of aliphatic carboxylic acids is 1. The Kier molecular flexibility index (Phi) is 4.88. The van der Waals surface area contributed by atoms with Gasteiger partial charge in [-0.25, -0.2) is 4.79 Å². The zero-order valence-corrected chi connectivity index (χ0v) is 12.4. The first-order chi connectivity index (χ1) is 9.99. The van der Waals surface area contributed by atoms with Crippen LogP contribution in [0.1, 0.15) is 16.4 Å². The molecule has 0 bridgehead atoms. The number of aliphatic hydroxyl groups is 1. The quantitative estimate of drug-likeness (QED) is 0.584. The Balaban J connectivity index is 2.35. The maximum absolute atomic E-state index is 11.2. The standard InChI is InChI=1S/C16H17NO3S/c1-10-6-8-11(9-7-10)15(14(18)16(19)20)21-13-5-3-2-4-12(13)17/h2-9,14-15,18H,17H2,1H3,(H,19,20)/t14-,15+/m1/s1. The van der Waals surface area contributed by atoms with E-state index in [9.17, 15) is 9.90 Å². The van der Waals surface area contributed by atoms with Gasteiger partial charge in [-0.3, -0.25) is 0 Å². The van der Waals surface area contributed by atoms with Gasteiger partial charge in [0.2, 0.25) is 0 Å². The second-order valence-electron chi connectivity index (χ2n) is 4.77. The van der Waals surface area contributed by atoms with Crippen LogP contribution in [0.25, 0.3) is 0 Å². The molecule has 0 aliphatic carbocycles. The maximum Gasteiger partial charge on any atom is 0.334 e. The molecule has 0 radical (unpaired) electrons. The molecule has 2 atom stereocenters. The van der Waals surface area contributed by atoms with E-state index in [1.807, 2.05) is 49.4 Å². The third-order valence-electron chi connectivity index (χ3n) is 3.12. The van der Waals surface area contributed by atoms with Gasteiger partial charge in [-0.2, -0.15) is 0 Å².